The van der Waals surface area contributed by atoms with Gasteiger partial charge in [0, 0.05) is 18.4 Å². The Morgan fingerprint density at radius 1 is 1.36 bits per heavy atom. The Kier molecular flexibility index (Phi) is 5.58. The molecule has 2 rings (SSSR count). The predicted octanol–water partition coefficient (Wildman–Crippen LogP) is 2.05. The fourth-order valence-corrected chi connectivity index (χ4v) is 3.56. The number of carbonyl (C=O) groups is 1. The van der Waals surface area contributed by atoms with Gasteiger partial charge in [-0.15, -0.1) is 0 Å². The molecule has 0 radical (unpaired) electrons. The monoisotopic (exact) mass is 324 g/mol. The van der Waals surface area contributed by atoms with E-state index in [0.29, 0.717) is 23.9 Å². The molecule has 0 bridgehead atoms. The second-order valence-electron chi connectivity index (χ2n) is 6.12. The number of rotatable bonds is 5. The van der Waals surface area contributed by atoms with Crippen molar-refractivity contribution in [3.63, 3.8) is 0 Å². The van der Waals surface area contributed by atoms with E-state index in [4.69, 9.17) is 0 Å². The van der Waals surface area contributed by atoms with E-state index >= 15 is 0 Å². The van der Waals surface area contributed by atoms with Crippen molar-refractivity contribution in [1.29, 1.82) is 0 Å². The molecule has 0 spiro atoms. The van der Waals surface area contributed by atoms with Crippen LogP contribution in [0.1, 0.15) is 26.2 Å². The molecule has 1 saturated heterocycles. The molecule has 1 aliphatic rings. The highest BCUT2D eigenvalue weighted by Gasteiger charge is 2.22. The summed E-state index contributed by atoms with van der Waals surface area (Å²) in [7, 11) is -3.26. The highest BCUT2D eigenvalue weighted by molar-refractivity contribution is 7.90. The van der Waals surface area contributed by atoms with Crippen molar-refractivity contribution in [2.45, 2.75) is 31.1 Å². The van der Waals surface area contributed by atoms with Crippen molar-refractivity contribution in [1.82, 2.24) is 5.32 Å². The molecule has 22 heavy (non-hydrogen) atoms. The lowest BCUT2D eigenvalue weighted by atomic mass is 9.84. The van der Waals surface area contributed by atoms with Gasteiger partial charge in [-0.3, -0.25) is 4.79 Å². The van der Waals surface area contributed by atoms with Crippen LogP contribution in [0.3, 0.4) is 0 Å². The Bertz CT molecular complexity index is 622. The molecule has 1 fully saturated rings. The Morgan fingerprint density at radius 3 is 2.68 bits per heavy atom. The van der Waals surface area contributed by atoms with Crippen LogP contribution < -0.4 is 10.6 Å². The maximum atomic E-state index is 12.2. The molecule has 5 nitrogen and oxygen atoms in total. The van der Waals surface area contributed by atoms with Crippen LogP contribution in [0.4, 0.5) is 5.69 Å². The minimum atomic E-state index is -3.26. The highest BCUT2D eigenvalue weighted by atomic mass is 32.2. The zero-order valence-corrected chi connectivity index (χ0v) is 13.9. The molecule has 2 N–H and O–H groups in total. The van der Waals surface area contributed by atoms with Crippen molar-refractivity contribution in [2.75, 3.05) is 24.7 Å². The summed E-state index contributed by atoms with van der Waals surface area (Å²) in [4.78, 5) is 12.4. The Balaban J connectivity index is 1.94. The molecule has 1 atom stereocenters. The van der Waals surface area contributed by atoms with Gasteiger partial charge < -0.3 is 10.6 Å². The van der Waals surface area contributed by atoms with Crippen LogP contribution in [-0.4, -0.2) is 33.7 Å². The molecule has 1 unspecified atom stereocenters. The first-order valence-electron chi connectivity index (χ1n) is 7.67. The molecule has 0 aliphatic carbocycles. The fourth-order valence-electron chi connectivity index (χ4n) is 2.89. The van der Waals surface area contributed by atoms with Gasteiger partial charge in [-0.2, -0.15) is 0 Å². The zero-order valence-electron chi connectivity index (χ0n) is 13.1. The SMILES string of the molecule is CC(CC(=O)Nc1cccc(S(C)(=O)=O)c1)C1CCNCC1. The first-order valence-corrected chi connectivity index (χ1v) is 9.56. The average molecular weight is 324 g/mol. The van der Waals surface area contributed by atoms with Gasteiger partial charge in [0.25, 0.3) is 0 Å². The maximum Gasteiger partial charge on any atom is 0.224 e. The molecule has 0 saturated carbocycles. The van der Waals surface area contributed by atoms with E-state index in [1.54, 1.807) is 12.1 Å². The minimum Gasteiger partial charge on any atom is -0.326 e. The normalized spacial score (nSPS) is 17.9. The minimum absolute atomic E-state index is 0.0586. The van der Waals surface area contributed by atoms with E-state index in [9.17, 15) is 13.2 Å². The lowest BCUT2D eigenvalue weighted by Crippen LogP contribution is -2.32. The summed E-state index contributed by atoms with van der Waals surface area (Å²) in [5.41, 5.74) is 0.533. The van der Waals surface area contributed by atoms with E-state index in [1.165, 1.54) is 12.1 Å². The number of sulfone groups is 1. The first-order chi connectivity index (χ1) is 10.4. The molecule has 1 amide bonds. The highest BCUT2D eigenvalue weighted by Crippen LogP contribution is 2.25. The van der Waals surface area contributed by atoms with Crippen LogP contribution in [0.25, 0.3) is 0 Å². The average Bonchev–Trinajstić information content (AvgIpc) is 2.47. The number of hydrogen-bond donors (Lipinski definition) is 2. The van der Waals surface area contributed by atoms with Crippen molar-refractivity contribution in [3.05, 3.63) is 24.3 Å². The summed E-state index contributed by atoms with van der Waals surface area (Å²) in [6.07, 6.45) is 3.84. The number of hydrogen-bond acceptors (Lipinski definition) is 4. The number of benzene rings is 1. The molecule has 6 heteroatoms. The lowest BCUT2D eigenvalue weighted by Gasteiger charge is -2.27. The van der Waals surface area contributed by atoms with Gasteiger partial charge in [0.15, 0.2) is 9.84 Å². The van der Waals surface area contributed by atoms with Gasteiger partial charge in [-0.25, -0.2) is 8.42 Å². The number of amides is 1. The van der Waals surface area contributed by atoms with Gasteiger partial charge in [-0.05, 0) is 56.0 Å². The third-order valence-electron chi connectivity index (χ3n) is 4.24. The largest absolute Gasteiger partial charge is 0.326 e. The summed E-state index contributed by atoms with van der Waals surface area (Å²) in [6.45, 7) is 4.16. The van der Waals surface area contributed by atoms with Crippen molar-refractivity contribution < 1.29 is 13.2 Å². The van der Waals surface area contributed by atoms with Gasteiger partial charge in [0.05, 0.1) is 4.90 Å². The molecular weight excluding hydrogens is 300 g/mol. The van der Waals surface area contributed by atoms with Crippen molar-refractivity contribution in [3.8, 4) is 0 Å². The topological polar surface area (TPSA) is 75.3 Å². The van der Waals surface area contributed by atoms with Gasteiger partial charge in [0.1, 0.15) is 0 Å². The molecular formula is C16H24N2O3S. The van der Waals surface area contributed by atoms with Crippen LogP contribution >= 0.6 is 0 Å². The Morgan fingerprint density at radius 2 is 2.05 bits per heavy atom. The van der Waals surface area contributed by atoms with Crippen LogP contribution in [0.5, 0.6) is 0 Å². The zero-order chi connectivity index (χ0) is 16.2. The third kappa shape index (κ3) is 4.81. The molecule has 1 aromatic rings. The number of piperidine rings is 1. The first kappa shape index (κ1) is 17.0. The Hall–Kier alpha value is -1.40. The van der Waals surface area contributed by atoms with Crippen molar-refractivity contribution in [2.24, 2.45) is 11.8 Å². The second kappa shape index (κ2) is 7.24. The smallest absolute Gasteiger partial charge is 0.224 e. The van der Waals surface area contributed by atoms with Crippen LogP contribution in [0, 0.1) is 11.8 Å². The van der Waals surface area contributed by atoms with E-state index < -0.39 is 9.84 Å². The van der Waals surface area contributed by atoms with Crippen LogP contribution in [-0.2, 0) is 14.6 Å². The third-order valence-corrected chi connectivity index (χ3v) is 5.35. The van der Waals surface area contributed by atoms with Gasteiger partial charge in [0.2, 0.25) is 5.91 Å². The lowest BCUT2D eigenvalue weighted by molar-refractivity contribution is -0.117. The Labute approximate surface area is 132 Å². The maximum absolute atomic E-state index is 12.2. The number of anilines is 1. The van der Waals surface area contributed by atoms with E-state index in [1.807, 2.05) is 0 Å². The van der Waals surface area contributed by atoms with E-state index in [0.717, 1.165) is 32.2 Å². The van der Waals surface area contributed by atoms with Crippen molar-refractivity contribution >= 4 is 21.4 Å². The van der Waals surface area contributed by atoms with E-state index in [2.05, 4.69) is 17.6 Å². The quantitative estimate of drug-likeness (QED) is 0.869. The summed E-state index contributed by atoms with van der Waals surface area (Å²) in [5, 5.41) is 6.13. The molecule has 0 aromatic heterocycles. The molecule has 1 aromatic carbocycles. The van der Waals surface area contributed by atoms with Gasteiger partial charge >= 0.3 is 0 Å². The summed E-state index contributed by atoms with van der Waals surface area (Å²) in [5.74, 6) is 0.853. The number of carbonyl (C=O) groups excluding carboxylic acids is 1. The summed E-state index contributed by atoms with van der Waals surface area (Å²) in [6, 6.07) is 6.38. The van der Waals surface area contributed by atoms with Gasteiger partial charge in [-0.1, -0.05) is 13.0 Å². The molecule has 1 heterocycles. The standard InChI is InChI=1S/C16H24N2O3S/c1-12(13-6-8-17-9-7-13)10-16(19)18-14-4-3-5-15(11-14)22(2,20)21/h3-5,11-13,17H,6-10H2,1-2H3,(H,18,19). The molecule has 1 aliphatic heterocycles. The number of nitrogens with one attached hydrogen (secondary N) is 2. The second-order valence-corrected chi connectivity index (χ2v) is 8.13. The summed E-state index contributed by atoms with van der Waals surface area (Å²) >= 11 is 0. The van der Waals surface area contributed by atoms with Crippen LogP contribution in [0.15, 0.2) is 29.2 Å². The van der Waals surface area contributed by atoms with Crippen LogP contribution in [0.2, 0.25) is 0 Å². The summed E-state index contributed by atoms with van der Waals surface area (Å²) < 4.78 is 23.1. The fraction of sp³-hybridized carbons (Fsp3) is 0.562. The molecule has 122 valence electrons. The van der Waals surface area contributed by atoms with E-state index in [-0.39, 0.29) is 10.8 Å². The predicted molar refractivity (Wildman–Crippen MR) is 87.6 cm³/mol.